The van der Waals surface area contributed by atoms with Crippen molar-refractivity contribution in [2.45, 2.75) is 44.9 Å². The summed E-state index contributed by atoms with van der Waals surface area (Å²) < 4.78 is 0. The van der Waals surface area contributed by atoms with Crippen LogP contribution < -0.4 is 5.48 Å². The number of likely N-dealkylation sites (tertiary alicyclic amines) is 1. The summed E-state index contributed by atoms with van der Waals surface area (Å²) in [5, 5.41) is 9.38. The van der Waals surface area contributed by atoms with E-state index in [1.807, 2.05) is 66.4 Å². The first-order chi connectivity index (χ1) is 14.2. The molecule has 1 saturated heterocycles. The molecule has 1 heterocycles. The summed E-state index contributed by atoms with van der Waals surface area (Å²) in [7, 11) is 0. The number of piperidine rings is 1. The van der Waals surface area contributed by atoms with E-state index in [4.69, 9.17) is 0 Å². The highest BCUT2D eigenvalue weighted by Crippen LogP contribution is 2.32. The van der Waals surface area contributed by atoms with Crippen LogP contribution in [0.15, 0.2) is 54.6 Å². The molecule has 0 spiro atoms. The first kappa shape index (κ1) is 21.1. The Balaban J connectivity index is 1.90. The fraction of sp³-hybridized carbons (Fsp3) is 0.417. The van der Waals surface area contributed by atoms with Crippen LogP contribution in [0.25, 0.3) is 11.1 Å². The second-order valence-electron chi connectivity index (χ2n) is 7.72. The van der Waals surface area contributed by atoms with E-state index in [1.165, 1.54) is 0 Å². The Kier molecular flexibility index (Phi) is 7.42. The summed E-state index contributed by atoms with van der Waals surface area (Å²) >= 11 is 0. The molecule has 0 radical (unpaired) electrons. The number of nitrogens with one attached hydrogen (secondary N) is 1. The summed E-state index contributed by atoms with van der Waals surface area (Å²) in [5.74, 6) is -1.69. The van der Waals surface area contributed by atoms with Gasteiger partial charge in [-0.15, -0.1) is 0 Å². The van der Waals surface area contributed by atoms with Crippen molar-refractivity contribution >= 4 is 11.8 Å². The van der Waals surface area contributed by atoms with Crippen LogP contribution in [0.5, 0.6) is 0 Å². The third-order valence-electron chi connectivity index (χ3n) is 5.76. The number of amides is 2. The molecule has 2 N–H and O–H groups in total. The van der Waals surface area contributed by atoms with Crippen molar-refractivity contribution in [1.82, 2.24) is 10.4 Å². The lowest BCUT2D eigenvalue weighted by molar-refractivity contribution is -0.143. The number of carbonyl (C=O) groups excluding carboxylic acids is 2. The van der Waals surface area contributed by atoms with Crippen molar-refractivity contribution in [1.29, 1.82) is 0 Å². The molecule has 0 saturated carbocycles. The highest BCUT2D eigenvalue weighted by atomic mass is 16.5. The molecule has 1 unspecified atom stereocenters. The SMILES string of the molecule is CCC[C@@H](C(=O)N1CCCCC1)C(C(=O)NO)c1ccc(-c2ccccc2)cc1. The van der Waals surface area contributed by atoms with Gasteiger partial charge in [-0.3, -0.25) is 14.8 Å². The molecule has 5 nitrogen and oxygen atoms in total. The molecule has 1 aliphatic heterocycles. The largest absolute Gasteiger partial charge is 0.342 e. The summed E-state index contributed by atoms with van der Waals surface area (Å²) in [6.45, 7) is 3.52. The number of hydroxylamine groups is 1. The van der Waals surface area contributed by atoms with Crippen LogP contribution in [0.3, 0.4) is 0 Å². The minimum Gasteiger partial charge on any atom is -0.342 e. The Morgan fingerprint density at radius 3 is 2.17 bits per heavy atom. The van der Waals surface area contributed by atoms with Gasteiger partial charge >= 0.3 is 0 Å². The zero-order valence-electron chi connectivity index (χ0n) is 17.0. The lowest BCUT2D eigenvalue weighted by Gasteiger charge is -2.33. The van der Waals surface area contributed by atoms with Crippen molar-refractivity contribution < 1.29 is 14.8 Å². The van der Waals surface area contributed by atoms with Crippen LogP contribution in [0.2, 0.25) is 0 Å². The summed E-state index contributed by atoms with van der Waals surface area (Å²) in [6, 6.07) is 17.7. The Morgan fingerprint density at radius 2 is 1.59 bits per heavy atom. The average Bonchev–Trinajstić information content (AvgIpc) is 2.79. The Bertz CT molecular complexity index is 799. The highest BCUT2D eigenvalue weighted by molar-refractivity contribution is 5.91. The van der Waals surface area contributed by atoms with Crippen LogP contribution in [-0.4, -0.2) is 35.0 Å². The molecule has 2 aromatic rings. The molecule has 1 fully saturated rings. The summed E-state index contributed by atoms with van der Waals surface area (Å²) in [6.07, 6.45) is 4.56. The summed E-state index contributed by atoms with van der Waals surface area (Å²) in [5.41, 5.74) is 4.69. The molecule has 29 heavy (non-hydrogen) atoms. The van der Waals surface area contributed by atoms with Gasteiger partial charge in [-0.1, -0.05) is 67.9 Å². The van der Waals surface area contributed by atoms with Gasteiger partial charge < -0.3 is 4.90 Å². The molecule has 5 heteroatoms. The zero-order chi connectivity index (χ0) is 20.6. The molecule has 2 aromatic carbocycles. The quantitative estimate of drug-likeness (QED) is 0.541. The molecule has 2 atom stereocenters. The van der Waals surface area contributed by atoms with E-state index in [0.717, 1.165) is 55.5 Å². The van der Waals surface area contributed by atoms with E-state index in [-0.39, 0.29) is 5.91 Å². The lowest BCUT2D eigenvalue weighted by Crippen LogP contribution is -2.44. The second-order valence-corrected chi connectivity index (χ2v) is 7.72. The van der Waals surface area contributed by atoms with Crippen molar-refractivity contribution in [3.63, 3.8) is 0 Å². The molecule has 0 aromatic heterocycles. The predicted octanol–water partition coefficient (Wildman–Crippen LogP) is 4.37. The molecule has 1 aliphatic rings. The number of hydrogen-bond donors (Lipinski definition) is 2. The third-order valence-corrected chi connectivity index (χ3v) is 5.76. The van der Waals surface area contributed by atoms with E-state index in [0.29, 0.717) is 6.42 Å². The van der Waals surface area contributed by atoms with Crippen molar-refractivity contribution in [3.8, 4) is 11.1 Å². The standard InChI is InChI=1S/C24H30N2O3/c1-2-9-21(24(28)26-16-7-4-8-17-26)22(23(27)25-29)20-14-12-19(13-15-20)18-10-5-3-6-11-18/h3,5-6,10-15,21-22,29H,2,4,7-9,16-17H2,1H3,(H,25,27)/t21-,22?/m1/s1. The van der Waals surface area contributed by atoms with Gasteiger partial charge in [0.05, 0.1) is 11.8 Å². The van der Waals surface area contributed by atoms with Gasteiger partial charge in [-0.05, 0) is 42.4 Å². The number of rotatable bonds is 7. The number of benzene rings is 2. The number of nitrogens with zero attached hydrogens (tertiary/aromatic N) is 1. The van der Waals surface area contributed by atoms with Crippen molar-refractivity contribution in [2.24, 2.45) is 5.92 Å². The highest BCUT2D eigenvalue weighted by Gasteiger charge is 2.37. The molecule has 0 bridgehead atoms. The van der Waals surface area contributed by atoms with Crippen LogP contribution in [0.4, 0.5) is 0 Å². The molecular weight excluding hydrogens is 364 g/mol. The fourth-order valence-electron chi connectivity index (χ4n) is 4.24. The van der Waals surface area contributed by atoms with E-state index >= 15 is 0 Å². The van der Waals surface area contributed by atoms with Crippen LogP contribution in [0, 0.1) is 5.92 Å². The van der Waals surface area contributed by atoms with Crippen LogP contribution in [-0.2, 0) is 9.59 Å². The van der Waals surface area contributed by atoms with Crippen molar-refractivity contribution in [3.05, 3.63) is 60.2 Å². The maximum atomic E-state index is 13.3. The summed E-state index contributed by atoms with van der Waals surface area (Å²) in [4.78, 5) is 27.8. The van der Waals surface area contributed by atoms with Crippen molar-refractivity contribution in [2.75, 3.05) is 13.1 Å². The minimum absolute atomic E-state index is 0.0206. The first-order valence-electron chi connectivity index (χ1n) is 10.5. The van der Waals surface area contributed by atoms with E-state index in [1.54, 1.807) is 5.48 Å². The maximum Gasteiger partial charge on any atom is 0.251 e. The van der Waals surface area contributed by atoms with Gasteiger partial charge in [-0.25, -0.2) is 5.48 Å². The molecule has 2 amide bonds. The number of hydrogen-bond acceptors (Lipinski definition) is 3. The van der Waals surface area contributed by atoms with E-state index < -0.39 is 17.7 Å². The Hall–Kier alpha value is -2.66. The van der Waals surface area contributed by atoms with E-state index in [2.05, 4.69) is 0 Å². The molecule has 3 rings (SSSR count). The number of carbonyl (C=O) groups is 2. The normalized spacial score (nSPS) is 16.1. The molecule has 154 valence electrons. The van der Waals surface area contributed by atoms with E-state index in [9.17, 15) is 14.8 Å². The van der Waals surface area contributed by atoms with Gasteiger partial charge in [-0.2, -0.15) is 0 Å². The fourth-order valence-corrected chi connectivity index (χ4v) is 4.24. The monoisotopic (exact) mass is 394 g/mol. The van der Waals surface area contributed by atoms with Crippen LogP contribution in [0.1, 0.15) is 50.5 Å². The second kappa shape index (κ2) is 10.2. The lowest BCUT2D eigenvalue weighted by atomic mass is 9.81. The first-order valence-corrected chi connectivity index (χ1v) is 10.5. The zero-order valence-corrected chi connectivity index (χ0v) is 17.0. The Morgan fingerprint density at radius 1 is 0.966 bits per heavy atom. The topological polar surface area (TPSA) is 69.6 Å². The maximum absolute atomic E-state index is 13.3. The smallest absolute Gasteiger partial charge is 0.251 e. The molecular formula is C24H30N2O3. The van der Waals surface area contributed by atoms with Gasteiger partial charge in [0, 0.05) is 13.1 Å². The third kappa shape index (κ3) is 5.04. The van der Waals surface area contributed by atoms with Gasteiger partial charge in [0.25, 0.3) is 5.91 Å². The minimum atomic E-state index is -0.709. The van der Waals surface area contributed by atoms with Gasteiger partial charge in [0.2, 0.25) is 5.91 Å². The average molecular weight is 395 g/mol. The van der Waals surface area contributed by atoms with Gasteiger partial charge in [0.1, 0.15) is 0 Å². The Labute approximate surface area is 172 Å². The van der Waals surface area contributed by atoms with Gasteiger partial charge in [0.15, 0.2) is 0 Å². The van der Waals surface area contributed by atoms with Crippen LogP contribution >= 0.6 is 0 Å². The predicted molar refractivity (Wildman–Crippen MR) is 113 cm³/mol. The molecule has 0 aliphatic carbocycles.